The van der Waals surface area contributed by atoms with Crippen LogP contribution in [0.1, 0.15) is 148 Å². The number of amides is 7. The van der Waals surface area contributed by atoms with E-state index in [1.165, 1.54) is 41.7 Å². The normalized spacial score (nSPS) is 22.9. The summed E-state index contributed by atoms with van der Waals surface area (Å²) in [7, 11) is 1.71. The number of ether oxygens (including phenoxy) is 3. The highest BCUT2D eigenvalue weighted by atomic mass is 32.1. The van der Waals surface area contributed by atoms with Gasteiger partial charge in [0.25, 0.3) is 23.6 Å². The molecule has 7 amide bonds. The van der Waals surface area contributed by atoms with Crippen molar-refractivity contribution in [1.82, 2.24) is 35.3 Å². The fraction of sp³-hybridized carbons (Fsp3) is 0.493. The molecule has 0 radical (unpaired) electrons. The van der Waals surface area contributed by atoms with Crippen LogP contribution in [0.3, 0.4) is 0 Å². The highest BCUT2D eigenvalue weighted by Crippen LogP contribution is 2.72. The number of thiazole rings is 1. The van der Waals surface area contributed by atoms with Gasteiger partial charge in [0.05, 0.1) is 41.3 Å². The molecule has 4 bridgehead atoms. The first-order valence-electron chi connectivity index (χ1n) is 34.0. The first-order chi connectivity index (χ1) is 46.8. The fourth-order valence-corrected chi connectivity index (χ4v) is 18.1. The van der Waals surface area contributed by atoms with Gasteiger partial charge >= 0.3 is 12.1 Å². The average molecular weight is 1360 g/mol. The van der Waals surface area contributed by atoms with Gasteiger partial charge in [-0.15, -0.1) is 0 Å². The number of nitrogens with zero attached hydrogens (tertiary/aromatic N) is 8. The smallest absolute Gasteiger partial charge is 0.407 e. The summed E-state index contributed by atoms with van der Waals surface area (Å²) in [5.74, 6) is -3.77. The molecule has 7 aliphatic rings. The number of carbonyl (C=O) groups is 8. The van der Waals surface area contributed by atoms with E-state index in [9.17, 15) is 43.5 Å². The van der Waals surface area contributed by atoms with Gasteiger partial charge in [0, 0.05) is 98.7 Å². The number of hydrogen-bond donors (Lipinski definition) is 5. The minimum atomic E-state index is -1.16. The highest BCUT2D eigenvalue weighted by Gasteiger charge is 2.66. The third kappa shape index (κ3) is 14.7. The molecule has 98 heavy (non-hydrogen) atoms. The third-order valence-corrected chi connectivity index (χ3v) is 21.6. The maximum Gasteiger partial charge on any atom is 0.407 e. The van der Waals surface area contributed by atoms with Gasteiger partial charge in [0.15, 0.2) is 10.8 Å². The zero-order valence-electron chi connectivity index (χ0n) is 56.8. The monoisotopic (exact) mass is 1360 g/mol. The first kappa shape index (κ1) is 68.9. The van der Waals surface area contributed by atoms with E-state index < -0.39 is 36.0 Å². The summed E-state index contributed by atoms with van der Waals surface area (Å²) >= 11 is 1.38. The third-order valence-electron chi connectivity index (χ3n) is 20.7. The lowest BCUT2D eigenvalue weighted by Gasteiger charge is -2.69. The largest absolute Gasteiger partial charge is 0.476 e. The number of imide groups is 1. The molecule has 3 aliphatic heterocycles. The van der Waals surface area contributed by atoms with Crippen molar-refractivity contribution >= 4 is 91.4 Å². The van der Waals surface area contributed by atoms with Gasteiger partial charge in [0.2, 0.25) is 11.8 Å². The van der Waals surface area contributed by atoms with Crippen LogP contribution in [0, 0.1) is 29.1 Å². The maximum absolute atomic E-state index is 14.7. The van der Waals surface area contributed by atoms with Crippen LogP contribution in [-0.2, 0) is 64.3 Å². The van der Waals surface area contributed by atoms with Crippen LogP contribution in [0.15, 0.2) is 91.1 Å². The van der Waals surface area contributed by atoms with E-state index in [1.807, 2.05) is 54.3 Å². The molecule has 5 fully saturated rings. The summed E-state index contributed by atoms with van der Waals surface area (Å²) in [6.07, 6.45) is 12.8. The lowest BCUT2D eigenvalue weighted by Crippen LogP contribution is -2.64. The average Bonchev–Trinajstić information content (AvgIpc) is 0.894. The molecule has 518 valence electrons. The number of methoxy groups -OCH3 is 1. The molecular weight excluding hydrogens is 1270 g/mol. The molecular formula is C73H88N12O12S. The quantitative estimate of drug-likeness (QED) is 0.0237. The van der Waals surface area contributed by atoms with Crippen molar-refractivity contribution in [1.29, 1.82) is 0 Å². The number of alkyl carbamates (subject to hydrolysis) is 1. The van der Waals surface area contributed by atoms with E-state index in [-0.39, 0.29) is 89.2 Å². The van der Waals surface area contributed by atoms with Gasteiger partial charge in [-0.25, -0.2) is 19.6 Å². The number of unbranched alkanes of at least 4 members (excludes halogenated alkanes) is 2. The Morgan fingerprint density at radius 3 is 2.30 bits per heavy atom. The molecule has 6 aromatic rings. The Kier molecular flexibility index (Phi) is 19.7. The number of hydrogen-bond acceptors (Lipinski definition) is 17. The highest BCUT2D eigenvalue weighted by molar-refractivity contribution is 7.22. The van der Waals surface area contributed by atoms with Crippen LogP contribution in [0.2, 0.25) is 0 Å². The van der Waals surface area contributed by atoms with Crippen molar-refractivity contribution in [2.24, 2.45) is 27.9 Å². The Morgan fingerprint density at radius 1 is 0.847 bits per heavy atom. The second-order valence-electron chi connectivity index (χ2n) is 29.0. The van der Waals surface area contributed by atoms with Crippen LogP contribution in [0.4, 0.5) is 27.1 Å². The molecule has 2 unspecified atom stereocenters. The van der Waals surface area contributed by atoms with Gasteiger partial charge in [-0.05, 0) is 165 Å². The minimum absolute atomic E-state index is 0.0256. The van der Waals surface area contributed by atoms with Crippen LogP contribution < -0.4 is 36.4 Å². The second kappa shape index (κ2) is 28.0. The summed E-state index contributed by atoms with van der Waals surface area (Å²) in [6.45, 7) is 15.7. The van der Waals surface area contributed by atoms with E-state index in [1.54, 1.807) is 51.4 Å². The minimum Gasteiger partial charge on any atom is -0.476 e. The number of carboxylic acids is 1. The van der Waals surface area contributed by atoms with E-state index in [4.69, 9.17) is 35.0 Å². The molecule has 5 atom stereocenters. The Hall–Kier alpha value is -9.07. The summed E-state index contributed by atoms with van der Waals surface area (Å²) in [5.41, 5.74) is 12.5. The second-order valence-corrected chi connectivity index (χ2v) is 30.0. The lowest BCUT2D eigenvalue weighted by molar-refractivity contribution is -0.250. The van der Waals surface area contributed by atoms with Crippen molar-refractivity contribution < 1.29 is 57.7 Å². The van der Waals surface area contributed by atoms with Gasteiger partial charge in [0.1, 0.15) is 24.5 Å². The van der Waals surface area contributed by atoms with E-state index in [0.29, 0.717) is 110 Å². The molecule has 3 aromatic carbocycles. The number of nitrogens with two attached hydrogens (primary N) is 1. The number of para-hydroxylation sites is 1. The predicted molar refractivity (Wildman–Crippen MR) is 370 cm³/mol. The van der Waals surface area contributed by atoms with Crippen molar-refractivity contribution in [2.45, 2.75) is 162 Å². The number of aromatic carboxylic acids is 1. The Labute approximate surface area is 574 Å². The van der Waals surface area contributed by atoms with Crippen LogP contribution in [-0.4, -0.2) is 147 Å². The molecule has 1 saturated heterocycles. The van der Waals surface area contributed by atoms with Gasteiger partial charge < -0.3 is 45.5 Å². The number of carboxylic acid groups (broad SMARTS) is 1. The first-order valence-corrected chi connectivity index (χ1v) is 34.8. The predicted octanol–water partition coefficient (Wildman–Crippen LogP) is 9.50. The number of rotatable bonds is 27. The number of carbonyl (C=O) groups excluding carboxylic acids is 7. The van der Waals surface area contributed by atoms with Gasteiger partial charge in [-0.3, -0.25) is 48.6 Å². The zero-order chi connectivity index (χ0) is 69.4. The SMILES string of the molecule is COCCOC12CC3(C)CC(C)(CC(Cn4ncc(-c5ccc(N6CCc7cc(N8CC[C@H](NC(=O)OCc9ccc(N(C(=O)[C@@H](NC(=O)CCCCCN%10C(=O)C=CC%10=O)C(C)C)[C@@H](C)C(N)=O)cc9)C8)cc(C(=O)Nc8nc9ccccc9s8)c7C6)nc5C(=O)O)c4C)(C3)C1)C2. The molecule has 3 aromatic heterocycles. The van der Waals surface area contributed by atoms with Crippen molar-refractivity contribution in [3.8, 4) is 11.1 Å². The summed E-state index contributed by atoms with van der Waals surface area (Å²) in [4.78, 5) is 121. The van der Waals surface area contributed by atoms with Crippen molar-refractivity contribution in [3.05, 3.63) is 125 Å². The number of fused-ring (bicyclic) bond motifs is 2. The molecule has 4 aliphatic carbocycles. The fourth-order valence-electron chi connectivity index (χ4n) is 17.2. The number of anilines is 4. The van der Waals surface area contributed by atoms with Crippen molar-refractivity contribution in [2.75, 3.05) is 66.5 Å². The van der Waals surface area contributed by atoms with Crippen LogP contribution in [0.25, 0.3) is 21.3 Å². The van der Waals surface area contributed by atoms with Crippen molar-refractivity contribution in [3.63, 3.8) is 0 Å². The number of nitrogens with one attached hydrogen (secondary N) is 3. The zero-order valence-corrected chi connectivity index (χ0v) is 57.6. The van der Waals surface area contributed by atoms with E-state index in [2.05, 4.69) is 45.4 Å². The number of primary amides is 1. The number of pyridine rings is 1. The standard InChI is InChI=1S/C73H88N12O12S/c1-44(2)62(79-59(86)15-9-8-12-26-83-60(87)22-23-61(83)88)66(91)85(46(4)64(74)89)50-18-16-47(17-19-50)36-96-69(94)76-49-25-28-81(34-49)51-31-48-24-27-82(35-55(48)53(32-51)65(90)80-68-77-56-13-10-11-14-57(56)98-68)58-21-20-52(63(78-58)67(92)93)54-33-75-84(45(54)3)43-72-38-70(5)37-71(6,39-72)41-73(40-70,42-72)97-30-29-95-7/h10-11,13-14,16-23,31-33,44,46,49,62H,8-9,12,15,24-30,34-43H2,1-7H3,(H2,74,89)(H,76,94)(H,79,86)(H,92,93)(H,77,80,90)/t46-,49-,62-,70?,71?,72?,73?/m0/s1. The summed E-state index contributed by atoms with van der Waals surface area (Å²) in [5, 5.41) is 25.2. The van der Waals surface area contributed by atoms with Crippen LogP contribution >= 0.6 is 11.3 Å². The topological polar surface area (TPSA) is 303 Å². The number of benzene rings is 3. The Balaban J connectivity index is 0.698. The number of aromatic nitrogens is 4. The molecule has 6 N–H and O–H groups in total. The van der Waals surface area contributed by atoms with E-state index >= 15 is 0 Å². The maximum atomic E-state index is 14.7. The van der Waals surface area contributed by atoms with Gasteiger partial charge in [-0.1, -0.05) is 69.7 Å². The molecule has 4 saturated carbocycles. The lowest BCUT2D eigenvalue weighted by atomic mass is 9.39. The Bertz CT molecular complexity index is 4060. The molecule has 25 heteroatoms. The van der Waals surface area contributed by atoms with E-state index in [0.717, 1.165) is 69.7 Å². The molecule has 0 spiro atoms. The molecule has 24 nitrogen and oxygen atoms in total. The Morgan fingerprint density at radius 2 is 1.59 bits per heavy atom. The summed E-state index contributed by atoms with van der Waals surface area (Å²) in [6, 6.07) is 19.5. The summed E-state index contributed by atoms with van der Waals surface area (Å²) < 4.78 is 20.9. The van der Waals surface area contributed by atoms with Gasteiger partial charge in [-0.2, -0.15) is 5.10 Å². The molecule has 6 heterocycles. The van der Waals surface area contributed by atoms with Crippen LogP contribution in [0.5, 0.6) is 0 Å². The molecule has 13 rings (SSSR count).